The highest BCUT2D eigenvalue weighted by Crippen LogP contribution is 2.18. The maximum Gasteiger partial charge on any atom is 0.285 e. The van der Waals surface area contributed by atoms with Crippen molar-refractivity contribution in [2.75, 3.05) is 11.6 Å². The normalized spacial score (nSPS) is 14.8. The Bertz CT molecular complexity index is 611. The van der Waals surface area contributed by atoms with Crippen LogP contribution in [0.1, 0.15) is 5.56 Å². The maximum atomic E-state index is 11.9. The molecular weight excluding hydrogens is 242 g/mol. The molecule has 1 aliphatic heterocycles. The lowest BCUT2D eigenvalue weighted by atomic mass is 10.2. The first-order chi connectivity index (χ1) is 9.34. The van der Waals surface area contributed by atoms with E-state index < -0.39 is 0 Å². The molecule has 0 bridgehead atoms. The lowest BCUT2D eigenvalue weighted by Crippen LogP contribution is -2.36. The molecular formula is C14H11N3O2. The minimum absolute atomic E-state index is 0.0178. The van der Waals surface area contributed by atoms with Gasteiger partial charge in [-0.15, -0.1) is 5.10 Å². The van der Waals surface area contributed by atoms with Gasteiger partial charge >= 0.3 is 0 Å². The van der Waals surface area contributed by atoms with Crippen LogP contribution in [0.5, 0.6) is 0 Å². The Kier molecular flexibility index (Phi) is 2.94. The number of aromatic nitrogens is 1. The van der Waals surface area contributed by atoms with Crippen molar-refractivity contribution >= 4 is 17.5 Å². The smallest absolute Gasteiger partial charge is 0.285 e. The van der Waals surface area contributed by atoms with Gasteiger partial charge < -0.3 is 4.74 Å². The van der Waals surface area contributed by atoms with Gasteiger partial charge in [-0.2, -0.15) is 5.01 Å². The van der Waals surface area contributed by atoms with Crippen molar-refractivity contribution in [3.8, 4) is 0 Å². The number of amides is 1. The van der Waals surface area contributed by atoms with E-state index >= 15 is 0 Å². The second-order valence-corrected chi connectivity index (χ2v) is 3.97. The number of nitrogens with zero attached hydrogens (tertiary/aromatic N) is 3. The SMILES string of the molecule is O=C1COC(c2ccncc2)=NN1c1ccccc1. The fraction of sp³-hybridized carbons (Fsp3) is 0.0714. The highest BCUT2D eigenvalue weighted by molar-refractivity contribution is 6.04. The van der Waals surface area contributed by atoms with Crippen LogP contribution >= 0.6 is 0 Å². The molecule has 0 unspecified atom stereocenters. The summed E-state index contributed by atoms with van der Waals surface area (Å²) in [4.78, 5) is 15.8. The first-order valence-corrected chi connectivity index (χ1v) is 5.84. The fourth-order valence-electron chi connectivity index (χ4n) is 1.77. The third-order valence-corrected chi connectivity index (χ3v) is 2.69. The maximum absolute atomic E-state index is 11.9. The molecule has 0 N–H and O–H groups in total. The van der Waals surface area contributed by atoms with Crippen molar-refractivity contribution in [3.63, 3.8) is 0 Å². The van der Waals surface area contributed by atoms with E-state index in [4.69, 9.17) is 4.74 Å². The summed E-state index contributed by atoms with van der Waals surface area (Å²) in [6, 6.07) is 12.9. The van der Waals surface area contributed by atoms with E-state index in [0.717, 1.165) is 11.3 Å². The predicted molar refractivity (Wildman–Crippen MR) is 70.7 cm³/mol. The summed E-state index contributed by atoms with van der Waals surface area (Å²) in [5.41, 5.74) is 1.52. The van der Waals surface area contributed by atoms with E-state index in [1.807, 2.05) is 30.3 Å². The number of rotatable bonds is 2. The second-order valence-electron chi connectivity index (χ2n) is 3.97. The van der Waals surface area contributed by atoms with Gasteiger partial charge in [0.25, 0.3) is 5.91 Å². The summed E-state index contributed by atoms with van der Waals surface area (Å²) in [6.45, 7) is -0.0178. The fourth-order valence-corrected chi connectivity index (χ4v) is 1.77. The van der Waals surface area contributed by atoms with Crippen LogP contribution in [-0.4, -0.2) is 23.4 Å². The molecule has 1 amide bonds. The van der Waals surface area contributed by atoms with Crippen molar-refractivity contribution in [1.29, 1.82) is 0 Å². The van der Waals surface area contributed by atoms with Gasteiger partial charge in [0.05, 0.1) is 5.69 Å². The van der Waals surface area contributed by atoms with Crippen LogP contribution in [0.25, 0.3) is 0 Å². The monoisotopic (exact) mass is 253 g/mol. The Morgan fingerprint density at radius 2 is 1.79 bits per heavy atom. The lowest BCUT2D eigenvalue weighted by Gasteiger charge is -2.23. The van der Waals surface area contributed by atoms with E-state index in [9.17, 15) is 4.79 Å². The van der Waals surface area contributed by atoms with Gasteiger partial charge in [0.2, 0.25) is 5.90 Å². The molecule has 94 valence electrons. The van der Waals surface area contributed by atoms with Crippen LogP contribution in [0.4, 0.5) is 5.69 Å². The zero-order chi connectivity index (χ0) is 13.1. The molecule has 1 aliphatic rings. The third-order valence-electron chi connectivity index (χ3n) is 2.69. The Balaban J connectivity index is 1.98. The van der Waals surface area contributed by atoms with Crippen LogP contribution in [0.15, 0.2) is 60.0 Å². The number of ether oxygens (including phenoxy) is 1. The lowest BCUT2D eigenvalue weighted by molar-refractivity contribution is -0.121. The molecule has 0 fully saturated rings. The van der Waals surface area contributed by atoms with Crippen molar-refractivity contribution < 1.29 is 9.53 Å². The molecule has 0 spiro atoms. The zero-order valence-electron chi connectivity index (χ0n) is 10.1. The second kappa shape index (κ2) is 4.89. The molecule has 3 rings (SSSR count). The number of pyridine rings is 1. The molecule has 5 nitrogen and oxygen atoms in total. The first-order valence-electron chi connectivity index (χ1n) is 5.84. The quantitative estimate of drug-likeness (QED) is 0.820. The highest BCUT2D eigenvalue weighted by atomic mass is 16.5. The Hall–Kier alpha value is -2.69. The van der Waals surface area contributed by atoms with E-state index in [-0.39, 0.29) is 12.5 Å². The van der Waals surface area contributed by atoms with Gasteiger partial charge in [-0.05, 0) is 24.3 Å². The number of hydrazone groups is 1. The number of hydrogen-bond donors (Lipinski definition) is 0. The van der Waals surface area contributed by atoms with Crippen LogP contribution in [-0.2, 0) is 9.53 Å². The summed E-state index contributed by atoms with van der Waals surface area (Å²) in [6.07, 6.45) is 3.31. The van der Waals surface area contributed by atoms with Crippen LogP contribution < -0.4 is 5.01 Å². The van der Waals surface area contributed by atoms with Crippen LogP contribution in [0, 0.1) is 0 Å². The molecule has 0 saturated carbocycles. The Morgan fingerprint density at radius 3 is 2.53 bits per heavy atom. The summed E-state index contributed by atoms with van der Waals surface area (Å²) < 4.78 is 5.36. The van der Waals surface area contributed by atoms with Crippen molar-refractivity contribution in [2.24, 2.45) is 5.10 Å². The standard InChI is InChI=1S/C14H11N3O2/c18-13-10-19-14(11-6-8-15-9-7-11)16-17(13)12-4-2-1-3-5-12/h1-9H,10H2. The average Bonchev–Trinajstić information content (AvgIpc) is 2.49. The summed E-state index contributed by atoms with van der Waals surface area (Å²) in [5.74, 6) is 0.231. The molecule has 0 atom stereocenters. The molecule has 1 aromatic heterocycles. The van der Waals surface area contributed by atoms with E-state index in [0.29, 0.717) is 5.90 Å². The molecule has 5 heteroatoms. The topological polar surface area (TPSA) is 54.8 Å². The molecule has 2 heterocycles. The number of hydrogen-bond acceptors (Lipinski definition) is 4. The minimum atomic E-state index is -0.191. The number of para-hydroxylation sites is 1. The number of anilines is 1. The molecule has 19 heavy (non-hydrogen) atoms. The molecule has 0 radical (unpaired) electrons. The van der Waals surface area contributed by atoms with Crippen molar-refractivity contribution in [2.45, 2.75) is 0 Å². The number of benzene rings is 1. The first kappa shape index (κ1) is 11.4. The van der Waals surface area contributed by atoms with E-state index in [2.05, 4.69) is 10.1 Å². The van der Waals surface area contributed by atoms with Gasteiger partial charge in [-0.1, -0.05) is 18.2 Å². The molecule has 2 aromatic rings. The molecule has 1 aromatic carbocycles. The van der Waals surface area contributed by atoms with Crippen LogP contribution in [0.3, 0.4) is 0 Å². The Labute approximate surface area is 110 Å². The van der Waals surface area contributed by atoms with Crippen molar-refractivity contribution in [1.82, 2.24) is 4.98 Å². The van der Waals surface area contributed by atoms with Gasteiger partial charge in [-0.25, -0.2) is 0 Å². The summed E-state index contributed by atoms with van der Waals surface area (Å²) in [7, 11) is 0. The van der Waals surface area contributed by atoms with Crippen LogP contribution in [0.2, 0.25) is 0 Å². The summed E-state index contributed by atoms with van der Waals surface area (Å²) in [5, 5.41) is 5.61. The average molecular weight is 253 g/mol. The van der Waals surface area contributed by atoms with Gasteiger partial charge in [-0.3, -0.25) is 9.78 Å². The third kappa shape index (κ3) is 2.30. The van der Waals surface area contributed by atoms with Gasteiger partial charge in [0.1, 0.15) is 0 Å². The van der Waals surface area contributed by atoms with E-state index in [1.54, 1.807) is 24.5 Å². The van der Waals surface area contributed by atoms with Crippen molar-refractivity contribution in [3.05, 3.63) is 60.4 Å². The molecule has 0 saturated heterocycles. The minimum Gasteiger partial charge on any atom is -0.466 e. The number of carbonyl (C=O) groups is 1. The summed E-state index contributed by atoms with van der Waals surface area (Å²) >= 11 is 0. The predicted octanol–water partition coefficient (Wildman–Crippen LogP) is 1.81. The molecule has 0 aliphatic carbocycles. The largest absolute Gasteiger partial charge is 0.466 e. The van der Waals surface area contributed by atoms with E-state index in [1.165, 1.54) is 5.01 Å². The highest BCUT2D eigenvalue weighted by Gasteiger charge is 2.23. The number of carbonyl (C=O) groups excluding carboxylic acids is 1. The zero-order valence-corrected chi connectivity index (χ0v) is 10.1. The van der Waals surface area contributed by atoms with Gasteiger partial charge in [0.15, 0.2) is 6.61 Å². The van der Waals surface area contributed by atoms with Gasteiger partial charge in [0, 0.05) is 18.0 Å². The Morgan fingerprint density at radius 1 is 1.05 bits per heavy atom.